The molecule has 0 saturated carbocycles. The van der Waals surface area contributed by atoms with E-state index in [9.17, 15) is 4.79 Å². The summed E-state index contributed by atoms with van der Waals surface area (Å²) in [5, 5.41) is 22.3. The van der Waals surface area contributed by atoms with Gasteiger partial charge in [0.25, 0.3) is 0 Å². The Bertz CT molecular complexity index is 635. The van der Waals surface area contributed by atoms with Crippen molar-refractivity contribution in [1.82, 2.24) is 24.5 Å². The van der Waals surface area contributed by atoms with Crippen LogP contribution in [0.2, 0.25) is 0 Å². The molecule has 0 aromatic carbocycles. The number of carboxylic acids is 1. The summed E-state index contributed by atoms with van der Waals surface area (Å²) >= 11 is 1.19. The van der Waals surface area contributed by atoms with Crippen LogP contribution in [0.5, 0.6) is 0 Å². The van der Waals surface area contributed by atoms with Crippen molar-refractivity contribution in [2.45, 2.75) is 38.4 Å². The molecule has 0 bridgehead atoms. The number of thioether (sulfide) groups is 1. The Kier molecular flexibility index (Phi) is 5.00. The number of aromatic nitrogens is 5. The summed E-state index contributed by atoms with van der Waals surface area (Å²) in [4.78, 5) is 10.7. The highest BCUT2D eigenvalue weighted by molar-refractivity contribution is 7.99. The molecule has 21 heavy (non-hydrogen) atoms. The zero-order valence-electron chi connectivity index (χ0n) is 12.4. The van der Waals surface area contributed by atoms with Crippen LogP contribution in [0.25, 0.3) is 11.4 Å². The predicted octanol–water partition coefficient (Wildman–Crippen LogP) is 1.83. The maximum Gasteiger partial charge on any atom is 0.313 e. The van der Waals surface area contributed by atoms with Gasteiger partial charge in [-0.05, 0) is 12.8 Å². The fourth-order valence-electron chi connectivity index (χ4n) is 2.13. The average molecular weight is 309 g/mol. The highest BCUT2D eigenvalue weighted by atomic mass is 32.2. The Morgan fingerprint density at radius 2 is 2.14 bits per heavy atom. The predicted molar refractivity (Wildman–Crippen MR) is 80.3 cm³/mol. The molecule has 0 spiro atoms. The van der Waals surface area contributed by atoms with Crippen LogP contribution in [0.15, 0.2) is 11.4 Å². The van der Waals surface area contributed by atoms with Gasteiger partial charge in [0.05, 0.1) is 17.0 Å². The number of carbonyl (C=O) groups is 1. The normalized spacial score (nSPS) is 11.0. The van der Waals surface area contributed by atoms with Crippen molar-refractivity contribution in [3.63, 3.8) is 0 Å². The Hall–Kier alpha value is -1.83. The first-order valence-electron chi connectivity index (χ1n) is 6.87. The number of carboxylic acid groups (broad SMARTS) is 1. The van der Waals surface area contributed by atoms with E-state index in [0.29, 0.717) is 5.16 Å². The van der Waals surface area contributed by atoms with Crippen molar-refractivity contribution in [2.75, 3.05) is 5.75 Å². The van der Waals surface area contributed by atoms with Gasteiger partial charge in [0, 0.05) is 19.8 Å². The van der Waals surface area contributed by atoms with Gasteiger partial charge in [0.15, 0.2) is 11.0 Å². The zero-order chi connectivity index (χ0) is 15.4. The lowest BCUT2D eigenvalue weighted by molar-refractivity contribution is -0.133. The highest BCUT2D eigenvalue weighted by Gasteiger charge is 2.19. The van der Waals surface area contributed by atoms with E-state index < -0.39 is 5.97 Å². The third-order valence-electron chi connectivity index (χ3n) is 2.97. The minimum absolute atomic E-state index is 0.0183. The molecular formula is C13H19N5O2S. The molecule has 8 heteroatoms. The molecule has 7 nitrogen and oxygen atoms in total. The summed E-state index contributed by atoms with van der Waals surface area (Å²) in [7, 11) is 1.88. The molecule has 2 aromatic rings. The minimum Gasteiger partial charge on any atom is -0.481 e. The van der Waals surface area contributed by atoms with Gasteiger partial charge < -0.3 is 9.67 Å². The van der Waals surface area contributed by atoms with Gasteiger partial charge in [-0.15, -0.1) is 10.2 Å². The molecule has 0 unspecified atom stereocenters. The quantitative estimate of drug-likeness (QED) is 0.785. The maximum absolute atomic E-state index is 10.7. The second kappa shape index (κ2) is 6.75. The van der Waals surface area contributed by atoms with Crippen molar-refractivity contribution in [2.24, 2.45) is 7.05 Å². The molecular weight excluding hydrogens is 290 g/mol. The van der Waals surface area contributed by atoms with E-state index in [4.69, 9.17) is 5.11 Å². The van der Waals surface area contributed by atoms with E-state index in [1.807, 2.05) is 24.7 Å². The van der Waals surface area contributed by atoms with Gasteiger partial charge in [0.2, 0.25) is 0 Å². The lowest BCUT2D eigenvalue weighted by atomic mass is 10.2. The molecule has 114 valence electrons. The van der Waals surface area contributed by atoms with Crippen LogP contribution in [0.4, 0.5) is 0 Å². The summed E-state index contributed by atoms with van der Waals surface area (Å²) in [5.74, 6) is -0.117. The van der Waals surface area contributed by atoms with Crippen LogP contribution in [-0.4, -0.2) is 41.4 Å². The molecule has 2 rings (SSSR count). The number of rotatable bonds is 7. The van der Waals surface area contributed by atoms with Crippen molar-refractivity contribution in [3.05, 3.63) is 11.9 Å². The van der Waals surface area contributed by atoms with Crippen molar-refractivity contribution < 1.29 is 9.90 Å². The number of aryl methyl sites for hydroxylation is 2. The first-order valence-corrected chi connectivity index (χ1v) is 7.86. The molecule has 0 atom stereocenters. The number of hydrogen-bond donors (Lipinski definition) is 1. The second-order valence-electron chi connectivity index (χ2n) is 4.66. The van der Waals surface area contributed by atoms with Crippen LogP contribution >= 0.6 is 11.8 Å². The fraction of sp³-hybridized carbons (Fsp3) is 0.538. The lowest BCUT2D eigenvalue weighted by Crippen LogP contribution is -2.05. The first kappa shape index (κ1) is 15.6. The van der Waals surface area contributed by atoms with Crippen LogP contribution in [-0.2, 0) is 24.8 Å². The van der Waals surface area contributed by atoms with Gasteiger partial charge in [-0.1, -0.05) is 25.6 Å². The third-order valence-corrected chi connectivity index (χ3v) is 3.92. The maximum atomic E-state index is 10.7. The average Bonchev–Trinajstić information content (AvgIpc) is 3.00. The SMILES string of the molecule is CCCn1c(SCC(=O)O)nnc1-c1cn(C)nc1CC. The smallest absolute Gasteiger partial charge is 0.313 e. The first-order chi connectivity index (χ1) is 10.1. The van der Waals surface area contributed by atoms with Gasteiger partial charge in [0.1, 0.15) is 0 Å². The standard InChI is InChI=1S/C13H19N5O2S/c1-4-6-18-12(9-7-17(3)16-10(9)5-2)14-15-13(18)21-8-11(19)20/h7H,4-6,8H2,1-3H3,(H,19,20). The Balaban J connectivity index is 2.40. The van der Waals surface area contributed by atoms with E-state index >= 15 is 0 Å². The molecule has 0 aliphatic heterocycles. The molecule has 2 heterocycles. The summed E-state index contributed by atoms with van der Waals surface area (Å²) in [6.45, 7) is 4.87. The Morgan fingerprint density at radius 3 is 2.76 bits per heavy atom. The van der Waals surface area contributed by atoms with Gasteiger partial charge in [-0.25, -0.2) is 0 Å². The summed E-state index contributed by atoms with van der Waals surface area (Å²) in [6, 6.07) is 0. The van der Waals surface area contributed by atoms with Crippen LogP contribution in [0.1, 0.15) is 26.0 Å². The number of nitrogens with zero attached hydrogens (tertiary/aromatic N) is 5. The van der Waals surface area contributed by atoms with Crippen LogP contribution < -0.4 is 0 Å². The summed E-state index contributed by atoms with van der Waals surface area (Å²) in [5.41, 5.74) is 1.93. The fourth-order valence-corrected chi connectivity index (χ4v) is 2.81. The van der Waals surface area contributed by atoms with Gasteiger partial charge >= 0.3 is 5.97 Å². The van der Waals surface area contributed by atoms with E-state index in [2.05, 4.69) is 22.2 Å². The van der Waals surface area contributed by atoms with Crippen LogP contribution in [0, 0.1) is 0 Å². The topological polar surface area (TPSA) is 85.8 Å². The largest absolute Gasteiger partial charge is 0.481 e. The van der Waals surface area contributed by atoms with E-state index in [1.54, 1.807) is 4.68 Å². The van der Waals surface area contributed by atoms with E-state index in [-0.39, 0.29) is 5.75 Å². The molecule has 0 fully saturated rings. The minimum atomic E-state index is -0.858. The molecule has 0 aliphatic rings. The third kappa shape index (κ3) is 3.44. The molecule has 0 aliphatic carbocycles. The molecule has 0 saturated heterocycles. The van der Waals surface area contributed by atoms with Crippen LogP contribution in [0.3, 0.4) is 0 Å². The monoisotopic (exact) mass is 309 g/mol. The van der Waals surface area contributed by atoms with Gasteiger partial charge in [-0.2, -0.15) is 5.10 Å². The molecule has 1 N–H and O–H groups in total. The molecule has 0 amide bonds. The molecule has 2 aromatic heterocycles. The summed E-state index contributed by atoms with van der Waals surface area (Å²) < 4.78 is 3.74. The van der Waals surface area contributed by atoms with E-state index in [1.165, 1.54) is 11.8 Å². The Morgan fingerprint density at radius 1 is 1.38 bits per heavy atom. The molecule has 0 radical (unpaired) electrons. The summed E-state index contributed by atoms with van der Waals surface area (Å²) in [6.07, 6.45) is 3.67. The van der Waals surface area contributed by atoms with Gasteiger partial charge in [-0.3, -0.25) is 9.48 Å². The van der Waals surface area contributed by atoms with Crippen molar-refractivity contribution >= 4 is 17.7 Å². The number of hydrogen-bond acceptors (Lipinski definition) is 5. The Labute approximate surface area is 127 Å². The zero-order valence-corrected chi connectivity index (χ0v) is 13.2. The van der Waals surface area contributed by atoms with Crippen molar-refractivity contribution in [3.8, 4) is 11.4 Å². The second-order valence-corrected chi connectivity index (χ2v) is 5.60. The lowest BCUT2D eigenvalue weighted by Gasteiger charge is -2.07. The highest BCUT2D eigenvalue weighted by Crippen LogP contribution is 2.26. The van der Waals surface area contributed by atoms with Crippen molar-refractivity contribution in [1.29, 1.82) is 0 Å². The van der Waals surface area contributed by atoms with E-state index in [0.717, 1.165) is 36.5 Å². The number of aliphatic carboxylic acids is 1.